The molecule has 7 heteroatoms. The number of aliphatic hydroxyl groups excluding tert-OH is 5. The van der Waals surface area contributed by atoms with E-state index in [0.717, 1.165) is 12.0 Å². The van der Waals surface area contributed by atoms with Crippen LogP contribution in [0.25, 0.3) is 0 Å². The van der Waals surface area contributed by atoms with Crippen molar-refractivity contribution in [2.75, 3.05) is 13.2 Å². The largest absolute Gasteiger partial charge is 0.394 e. The molecule has 5 N–H and O–H groups in total. The van der Waals surface area contributed by atoms with Crippen molar-refractivity contribution in [1.82, 2.24) is 0 Å². The van der Waals surface area contributed by atoms with Crippen LogP contribution >= 0.6 is 0 Å². The molecule has 0 spiro atoms. The minimum absolute atomic E-state index is 0.0345. The quantitative estimate of drug-likeness (QED) is 0.413. The Labute approximate surface area is 135 Å². The first-order valence-corrected chi connectivity index (χ1v) is 7.79. The van der Waals surface area contributed by atoms with Crippen molar-refractivity contribution in [2.24, 2.45) is 5.92 Å². The molecule has 7 unspecified atom stereocenters. The maximum Gasteiger partial charge on any atom is 0.187 e. The molecule has 1 heterocycles. The minimum atomic E-state index is -1.47. The van der Waals surface area contributed by atoms with Gasteiger partial charge in [0.25, 0.3) is 0 Å². The smallest absolute Gasteiger partial charge is 0.187 e. The minimum Gasteiger partial charge on any atom is -0.394 e. The Hall–Kier alpha value is -0.800. The summed E-state index contributed by atoms with van der Waals surface area (Å²) in [5.41, 5.74) is 1.70. The zero-order valence-electron chi connectivity index (χ0n) is 13.2. The molecule has 0 bridgehead atoms. The predicted molar refractivity (Wildman–Crippen MR) is 81.3 cm³/mol. The summed E-state index contributed by atoms with van der Waals surface area (Å²) in [5.74, 6) is 0.237. The lowest BCUT2D eigenvalue weighted by Gasteiger charge is -2.40. The maximum atomic E-state index is 10.2. The molecule has 2 aliphatic rings. The molecule has 132 valence electrons. The summed E-state index contributed by atoms with van der Waals surface area (Å²) in [6.07, 6.45) is -3.94. The summed E-state index contributed by atoms with van der Waals surface area (Å²) in [6.45, 7) is 5.36. The summed E-state index contributed by atoms with van der Waals surface area (Å²) >= 11 is 0. The number of aliphatic hydroxyl groups is 5. The average molecular weight is 330 g/mol. The highest BCUT2D eigenvalue weighted by Gasteiger charge is 2.44. The van der Waals surface area contributed by atoms with Gasteiger partial charge in [0.05, 0.1) is 19.3 Å². The molecule has 0 radical (unpaired) electrons. The number of rotatable bonds is 5. The Morgan fingerprint density at radius 3 is 2.52 bits per heavy atom. The van der Waals surface area contributed by atoms with Crippen molar-refractivity contribution in [3.63, 3.8) is 0 Å². The number of hydrogen-bond donors (Lipinski definition) is 5. The summed E-state index contributed by atoms with van der Waals surface area (Å²) in [4.78, 5) is 0. The van der Waals surface area contributed by atoms with Crippen LogP contribution in [0.2, 0.25) is 0 Å². The fraction of sp³-hybridized carbons (Fsp3) is 0.750. The van der Waals surface area contributed by atoms with Crippen LogP contribution < -0.4 is 0 Å². The Balaban J connectivity index is 1.93. The highest BCUT2D eigenvalue weighted by molar-refractivity contribution is 5.17. The fourth-order valence-electron chi connectivity index (χ4n) is 2.89. The van der Waals surface area contributed by atoms with Crippen molar-refractivity contribution in [2.45, 2.75) is 56.6 Å². The van der Waals surface area contributed by atoms with Crippen LogP contribution in [0, 0.1) is 5.92 Å². The van der Waals surface area contributed by atoms with Gasteiger partial charge in [0.15, 0.2) is 6.29 Å². The van der Waals surface area contributed by atoms with Crippen molar-refractivity contribution in [3.8, 4) is 0 Å². The fourth-order valence-corrected chi connectivity index (χ4v) is 2.89. The average Bonchev–Trinajstić information content (AvgIpc) is 2.53. The van der Waals surface area contributed by atoms with E-state index in [2.05, 4.69) is 6.58 Å². The Bertz CT molecular complexity index is 448. The van der Waals surface area contributed by atoms with E-state index in [1.165, 1.54) is 0 Å². The van der Waals surface area contributed by atoms with Gasteiger partial charge in [0.1, 0.15) is 24.4 Å². The molecule has 2 rings (SSSR count). The predicted octanol–water partition coefficient (Wildman–Crippen LogP) is -0.924. The Kier molecular flexibility index (Phi) is 6.33. The first-order chi connectivity index (χ1) is 10.8. The summed E-state index contributed by atoms with van der Waals surface area (Å²) in [6, 6.07) is 0. The SMILES string of the molecule is C=C(C)C1CC=C(COC2OC(CO)C(O)C(O)C2O)C(O)C1. The molecule has 1 aliphatic heterocycles. The standard InChI is InChI=1S/C16H26O7/c1-8(2)9-3-4-10(11(18)5-9)7-22-16-15(21)14(20)13(19)12(6-17)23-16/h4,9,11-21H,1,3,5-7H2,2H3. The molecule has 1 aliphatic carbocycles. The highest BCUT2D eigenvalue weighted by atomic mass is 16.7. The van der Waals surface area contributed by atoms with Gasteiger partial charge in [0, 0.05) is 0 Å². The van der Waals surface area contributed by atoms with E-state index in [9.17, 15) is 20.4 Å². The number of allylic oxidation sites excluding steroid dienone is 2. The van der Waals surface area contributed by atoms with Gasteiger partial charge < -0.3 is 35.0 Å². The van der Waals surface area contributed by atoms with Gasteiger partial charge in [-0.3, -0.25) is 0 Å². The van der Waals surface area contributed by atoms with Crippen LogP contribution in [-0.2, 0) is 9.47 Å². The van der Waals surface area contributed by atoms with Crippen LogP contribution in [-0.4, -0.2) is 75.6 Å². The molecular formula is C16H26O7. The molecule has 0 aromatic rings. The first kappa shape index (κ1) is 18.5. The molecule has 1 fully saturated rings. The van der Waals surface area contributed by atoms with Gasteiger partial charge in [-0.1, -0.05) is 18.2 Å². The van der Waals surface area contributed by atoms with E-state index in [4.69, 9.17) is 14.6 Å². The zero-order valence-corrected chi connectivity index (χ0v) is 13.2. The lowest BCUT2D eigenvalue weighted by Crippen LogP contribution is -2.59. The summed E-state index contributed by atoms with van der Waals surface area (Å²) in [5, 5.41) is 48.6. The third kappa shape index (κ3) is 4.19. The van der Waals surface area contributed by atoms with Crippen LogP contribution in [0.5, 0.6) is 0 Å². The zero-order chi connectivity index (χ0) is 17.1. The van der Waals surface area contributed by atoms with Crippen molar-refractivity contribution >= 4 is 0 Å². The molecule has 0 aromatic heterocycles. The second-order valence-electron chi connectivity index (χ2n) is 6.32. The third-order valence-corrected chi connectivity index (χ3v) is 4.56. The van der Waals surface area contributed by atoms with E-state index in [1.807, 2.05) is 13.0 Å². The van der Waals surface area contributed by atoms with Gasteiger partial charge in [-0.25, -0.2) is 0 Å². The van der Waals surface area contributed by atoms with Crippen LogP contribution in [0.1, 0.15) is 19.8 Å². The summed E-state index contributed by atoms with van der Waals surface area (Å²) in [7, 11) is 0. The number of ether oxygens (including phenoxy) is 2. The maximum absolute atomic E-state index is 10.2. The van der Waals surface area contributed by atoms with Crippen molar-refractivity contribution in [1.29, 1.82) is 0 Å². The Morgan fingerprint density at radius 1 is 1.26 bits per heavy atom. The third-order valence-electron chi connectivity index (χ3n) is 4.56. The van der Waals surface area contributed by atoms with Gasteiger partial charge in [-0.15, -0.1) is 0 Å². The van der Waals surface area contributed by atoms with Gasteiger partial charge in [-0.05, 0) is 31.3 Å². The van der Waals surface area contributed by atoms with Gasteiger partial charge >= 0.3 is 0 Å². The van der Waals surface area contributed by atoms with E-state index < -0.39 is 43.4 Å². The molecular weight excluding hydrogens is 304 g/mol. The molecule has 0 saturated carbocycles. The lowest BCUT2D eigenvalue weighted by molar-refractivity contribution is -0.299. The van der Waals surface area contributed by atoms with Crippen molar-refractivity contribution in [3.05, 3.63) is 23.8 Å². The van der Waals surface area contributed by atoms with E-state index in [0.29, 0.717) is 12.0 Å². The second-order valence-corrected chi connectivity index (χ2v) is 6.32. The molecule has 0 aromatic carbocycles. The highest BCUT2D eigenvalue weighted by Crippen LogP contribution is 2.29. The second kappa shape index (κ2) is 7.85. The first-order valence-electron chi connectivity index (χ1n) is 7.79. The van der Waals surface area contributed by atoms with E-state index in [-0.39, 0.29) is 12.5 Å². The molecule has 0 amide bonds. The van der Waals surface area contributed by atoms with Crippen LogP contribution in [0.4, 0.5) is 0 Å². The van der Waals surface area contributed by atoms with E-state index >= 15 is 0 Å². The number of hydrogen-bond acceptors (Lipinski definition) is 7. The molecule has 7 nitrogen and oxygen atoms in total. The molecule has 23 heavy (non-hydrogen) atoms. The topological polar surface area (TPSA) is 120 Å². The monoisotopic (exact) mass is 330 g/mol. The van der Waals surface area contributed by atoms with E-state index in [1.54, 1.807) is 0 Å². The van der Waals surface area contributed by atoms with Crippen LogP contribution in [0.15, 0.2) is 23.8 Å². The molecule has 7 atom stereocenters. The van der Waals surface area contributed by atoms with Crippen LogP contribution in [0.3, 0.4) is 0 Å². The van der Waals surface area contributed by atoms with Gasteiger partial charge in [0.2, 0.25) is 0 Å². The molecule has 1 saturated heterocycles. The lowest BCUT2D eigenvalue weighted by atomic mass is 9.84. The van der Waals surface area contributed by atoms with Gasteiger partial charge in [-0.2, -0.15) is 0 Å². The van der Waals surface area contributed by atoms with Crippen molar-refractivity contribution < 1.29 is 35.0 Å². The summed E-state index contributed by atoms with van der Waals surface area (Å²) < 4.78 is 10.7. The Morgan fingerprint density at radius 2 is 1.96 bits per heavy atom. The normalized spacial score (nSPS) is 41.5.